The van der Waals surface area contributed by atoms with Gasteiger partial charge in [-0.3, -0.25) is 0 Å². The maximum atomic E-state index is 13.2. The first kappa shape index (κ1) is 14.1. The Balaban J connectivity index is 3.05. The summed E-state index contributed by atoms with van der Waals surface area (Å²) in [7, 11) is -2.38. The van der Waals surface area contributed by atoms with E-state index in [0.717, 1.165) is 10.4 Å². The Kier molecular flexibility index (Phi) is 4.62. The minimum absolute atomic E-state index is 0.0799. The Morgan fingerprint density at radius 1 is 1.53 bits per heavy atom. The van der Waals surface area contributed by atoms with Gasteiger partial charge in [-0.05, 0) is 34.1 Å². The van der Waals surface area contributed by atoms with Crippen LogP contribution in [0.3, 0.4) is 0 Å². The van der Waals surface area contributed by atoms with Crippen molar-refractivity contribution in [1.82, 2.24) is 4.31 Å². The predicted octanol–water partition coefficient (Wildman–Crippen LogP) is 2.12. The van der Waals surface area contributed by atoms with Gasteiger partial charge in [0.25, 0.3) is 0 Å². The van der Waals surface area contributed by atoms with E-state index in [2.05, 4.69) is 15.9 Å². The van der Waals surface area contributed by atoms with Gasteiger partial charge in [0.1, 0.15) is 5.82 Å². The zero-order valence-electron chi connectivity index (χ0n) is 9.02. The second-order valence-corrected chi connectivity index (χ2v) is 6.21. The molecule has 92 valence electrons. The lowest BCUT2D eigenvalue weighted by Crippen LogP contribution is -2.27. The molecular weight excluding hydrogens is 311 g/mol. The smallest absolute Gasteiger partial charge is 0.207 e. The average Bonchev–Trinajstić information content (AvgIpc) is 2.29. The van der Waals surface area contributed by atoms with Gasteiger partial charge in [0.05, 0.1) is 15.4 Å². The van der Waals surface area contributed by atoms with Gasteiger partial charge in [0, 0.05) is 20.0 Å². The quantitative estimate of drug-likeness (QED) is 0.853. The van der Waals surface area contributed by atoms with Crippen LogP contribution in [0.1, 0.15) is 6.42 Å². The molecule has 0 heterocycles. The largest absolute Gasteiger partial charge is 0.242 e. The molecular formula is C10H10BrFN2O2S. The van der Waals surface area contributed by atoms with Crippen LogP contribution in [0.4, 0.5) is 4.39 Å². The molecule has 0 amide bonds. The highest BCUT2D eigenvalue weighted by Gasteiger charge is 2.21. The summed E-state index contributed by atoms with van der Waals surface area (Å²) in [6, 6.07) is 5.45. The molecule has 0 atom stereocenters. The number of benzene rings is 1. The first-order valence-corrected chi connectivity index (χ1v) is 6.91. The van der Waals surface area contributed by atoms with Crippen molar-refractivity contribution in [3.8, 4) is 6.07 Å². The fourth-order valence-corrected chi connectivity index (χ4v) is 2.58. The van der Waals surface area contributed by atoms with Crippen molar-refractivity contribution in [3.05, 3.63) is 28.5 Å². The normalized spacial score (nSPS) is 11.5. The van der Waals surface area contributed by atoms with E-state index in [0.29, 0.717) is 0 Å². The van der Waals surface area contributed by atoms with Crippen molar-refractivity contribution in [2.45, 2.75) is 11.3 Å². The van der Waals surface area contributed by atoms with Gasteiger partial charge in [-0.25, -0.2) is 12.8 Å². The number of nitriles is 1. The number of hydrogen-bond acceptors (Lipinski definition) is 3. The maximum Gasteiger partial charge on any atom is 0.242 e. The molecule has 0 aliphatic heterocycles. The molecule has 0 radical (unpaired) electrons. The van der Waals surface area contributed by atoms with E-state index in [-0.39, 0.29) is 22.3 Å². The van der Waals surface area contributed by atoms with Gasteiger partial charge in [-0.1, -0.05) is 0 Å². The third-order valence-electron chi connectivity index (χ3n) is 2.14. The lowest BCUT2D eigenvalue weighted by atomic mass is 10.3. The second-order valence-electron chi connectivity index (χ2n) is 3.31. The topological polar surface area (TPSA) is 61.2 Å². The molecule has 0 saturated carbocycles. The van der Waals surface area contributed by atoms with Gasteiger partial charge < -0.3 is 0 Å². The van der Waals surface area contributed by atoms with Gasteiger partial charge in [-0.15, -0.1) is 0 Å². The lowest BCUT2D eigenvalue weighted by molar-refractivity contribution is 0.475. The lowest BCUT2D eigenvalue weighted by Gasteiger charge is -2.15. The standard InChI is InChI=1S/C10H10BrFN2O2S/c1-14(6-2-5-13)17(15,16)8-3-4-9(11)10(12)7-8/h3-4,7H,2,6H2,1H3. The van der Waals surface area contributed by atoms with Crippen LogP contribution >= 0.6 is 15.9 Å². The molecule has 0 spiro atoms. The molecule has 0 bridgehead atoms. The Morgan fingerprint density at radius 3 is 2.71 bits per heavy atom. The first-order chi connectivity index (χ1) is 7.89. The number of halogens is 2. The number of sulfonamides is 1. The Morgan fingerprint density at radius 2 is 2.18 bits per heavy atom. The summed E-state index contributed by atoms with van der Waals surface area (Å²) in [4.78, 5) is -0.126. The summed E-state index contributed by atoms with van der Waals surface area (Å²) in [5.41, 5.74) is 0. The number of nitrogens with zero attached hydrogens (tertiary/aromatic N) is 2. The fourth-order valence-electron chi connectivity index (χ4n) is 1.14. The molecule has 0 N–H and O–H groups in total. The van der Waals surface area contributed by atoms with Crippen LogP contribution in [-0.4, -0.2) is 26.3 Å². The van der Waals surface area contributed by atoms with Crippen molar-refractivity contribution < 1.29 is 12.8 Å². The van der Waals surface area contributed by atoms with Crippen LogP contribution in [0.2, 0.25) is 0 Å². The van der Waals surface area contributed by atoms with Crippen LogP contribution in [-0.2, 0) is 10.0 Å². The molecule has 0 saturated heterocycles. The SMILES string of the molecule is CN(CCC#N)S(=O)(=O)c1ccc(Br)c(F)c1. The molecule has 0 aromatic heterocycles. The molecule has 7 heteroatoms. The van der Waals surface area contributed by atoms with Gasteiger partial charge in [-0.2, -0.15) is 9.57 Å². The number of rotatable bonds is 4. The van der Waals surface area contributed by atoms with E-state index in [4.69, 9.17) is 5.26 Å². The van der Waals surface area contributed by atoms with Crippen molar-refractivity contribution in [3.63, 3.8) is 0 Å². The highest BCUT2D eigenvalue weighted by atomic mass is 79.9. The monoisotopic (exact) mass is 320 g/mol. The van der Waals surface area contributed by atoms with Crippen molar-refractivity contribution in [2.75, 3.05) is 13.6 Å². The minimum atomic E-state index is -3.73. The molecule has 0 aliphatic carbocycles. The van der Waals surface area contributed by atoms with E-state index in [9.17, 15) is 12.8 Å². The molecule has 4 nitrogen and oxygen atoms in total. The molecule has 17 heavy (non-hydrogen) atoms. The first-order valence-electron chi connectivity index (χ1n) is 4.68. The van der Waals surface area contributed by atoms with Crippen LogP contribution in [0.5, 0.6) is 0 Å². The van der Waals surface area contributed by atoms with Gasteiger partial charge in [0.2, 0.25) is 10.0 Å². The second kappa shape index (κ2) is 5.58. The van der Waals surface area contributed by atoms with Crippen molar-refractivity contribution >= 4 is 26.0 Å². The molecule has 1 rings (SSSR count). The van der Waals surface area contributed by atoms with Crippen LogP contribution in [0.25, 0.3) is 0 Å². The van der Waals surface area contributed by atoms with Crippen LogP contribution in [0, 0.1) is 17.1 Å². The molecule has 0 aliphatic rings. The summed E-state index contributed by atoms with van der Waals surface area (Å²) in [6.45, 7) is 0.0799. The Hall–Kier alpha value is -0.970. The summed E-state index contributed by atoms with van der Waals surface area (Å²) in [6.07, 6.45) is 0.0920. The van der Waals surface area contributed by atoms with Crippen molar-refractivity contribution in [2.24, 2.45) is 0 Å². The van der Waals surface area contributed by atoms with Gasteiger partial charge >= 0.3 is 0 Å². The highest BCUT2D eigenvalue weighted by molar-refractivity contribution is 9.10. The van der Waals surface area contributed by atoms with E-state index >= 15 is 0 Å². The molecule has 1 aromatic carbocycles. The third kappa shape index (κ3) is 3.25. The van der Waals surface area contributed by atoms with E-state index in [1.807, 2.05) is 6.07 Å². The summed E-state index contributed by atoms with van der Waals surface area (Å²) >= 11 is 2.95. The van der Waals surface area contributed by atoms with Gasteiger partial charge in [0.15, 0.2) is 0 Å². The third-order valence-corrected chi connectivity index (χ3v) is 4.63. The predicted molar refractivity (Wildman–Crippen MR) is 64.1 cm³/mol. The highest BCUT2D eigenvalue weighted by Crippen LogP contribution is 2.21. The van der Waals surface area contributed by atoms with E-state index in [1.165, 1.54) is 19.2 Å². The van der Waals surface area contributed by atoms with Crippen molar-refractivity contribution in [1.29, 1.82) is 5.26 Å². The molecule has 0 fully saturated rings. The zero-order chi connectivity index (χ0) is 13.1. The zero-order valence-corrected chi connectivity index (χ0v) is 11.4. The maximum absolute atomic E-state index is 13.2. The molecule has 1 aromatic rings. The Labute approximate surface area is 108 Å². The summed E-state index contributed by atoms with van der Waals surface area (Å²) < 4.78 is 38.3. The molecule has 0 unspecified atom stereocenters. The van der Waals surface area contributed by atoms with E-state index < -0.39 is 15.8 Å². The fraction of sp³-hybridized carbons (Fsp3) is 0.300. The summed E-state index contributed by atoms with van der Waals surface area (Å²) in [5.74, 6) is -0.639. The summed E-state index contributed by atoms with van der Waals surface area (Å²) in [5, 5.41) is 8.39. The number of hydrogen-bond donors (Lipinski definition) is 0. The minimum Gasteiger partial charge on any atom is -0.207 e. The van der Waals surface area contributed by atoms with E-state index in [1.54, 1.807) is 0 Å². The van der Waals surface area contributed by atoms with Crippen LogP contribution in [0.15, 0.2) is 27.6 Å². The Bertz CT molecular complexity index is 554. The average molecular weight is 321 g/mol. The van der Waals surface area contributed by atoms with Crippen LogP contribution < -0.4 is 0 Å².